The van der Waals surface area contributed by atoms with Gasteiger partial charge in [0.2, 0.25) is 5.91 Å². The van der Waals surface area contributed by atoms with Gasteiger partial charge >= 0.3 is 5.97 Å². The highest BCUT2D eigenvalue weighted by Crippen LogP contribution is 2.38. The predicted molar refractivity (Wildman–Crippen MR) is 307 cm³/mol. The maximum atomic E-state index is 13.5. The first-order chi connectivity index (χ1) is 34.9. The highest BCUT2D eigenvalue weighted by Gasteiger charge is 2.27. The van der Waals surface area contributed by atoms with Crippen molar-refractivity contribution in [1.82, 2.24) is 5.32 Å². The van der Waals surface area contributed by atoms with Gasteiger partial charge in [-0.3, -0.25) is 14.2 Å². The van der Waals surface area contributed by atoms with E-state index in [0.29, 0.717) is 17.4 Å². The van der Waals surface area contributed by atoms with Crippen molar-refractivity contribution < 1.29 is 37.3 Å². The number of allylic oxidation sites excluding steroid dienone is 7. The van der Waals surface area contributed by atoms with Crippen molar-refractivity contribution in [1.29, 1.82) is 0 Å². The number of carbonyl (C=O) groups is 2. The summed E-state index contributed by atoms with van der Waals surface area (Å²) in [5.74, 6) is -0.548. The summed E-state index contributed by atoms with van der Waals surface area (Å²) in [6.45, 7) is 6.82. The third-order valence-electron chi connectivity index (χ3n) is 13.5. The molecule has 0 saturated carbocycles. The van der Waals surface area contributed by atoms with Crippen molar-refractivity contribution in [2.75, 3.05) is 40.9 Å². The number of likely N-dealkylation sites (N-methyl/N-ethyl adjacent to an activating group) is 1. The van der Waals surface area contributed by atoms with Gasteiger partial charge in [-0.2, -0.15) is 0 Å². The Hall–Kier alpha value is -2.03. The van der Waals surface area contributed by atoms with Crippen molar-refractivity contribution in [3.8, 4) is 0 Å². The number of carbonyl (C=O) groups excluding carboxylic acids is 2. The molecule has 0 fully saturated rings. The van der Waals surface area contributed by atoms with Gasteiger partial charge in [-0.1, -0.05) is 230 Å². The average Bonchev–Trinajstić information content (AvgIpc) is 3.34. The van der Waals surface area contributed by atoms with Crippen molar-refractivity contribution >= 4 is 19.7 Å². The van der Waals surface area contributed by atoms with Crippen LogP contribution in [-0.2, 0) is 27.9 Å². The smallest absolute Gasteiger partial charge is 0.306 e. The van der Waals surface area contributed by atoms with Gasteiger partial charge in [0.25, 0.3) is 7.82 Å². The summed E-state index contributed by atoms with van der Waals surface area (Å²) in [5, 5.41) is 3.02. The maximum Gasteiger partial charge on any atom is 0.306 e. The van der Waals surface area contributed by atoms with E-state index in [1.165, 1.54) is 161 Å². The van der Waals surface area contributed by atoms with Crippen molar-refractivity contribution in [2.24, 2.45) is 0 Å². The zero-order chi connectivity index (χ0) is 52.9. The quantitative estimate of drug-likeness (QED) is 0.0212. The van der Waals surface area contributed by atoms with E-state index in [-0.39, 0.29) is 24.9 Å². The van der Waals surface area contributed by atoms with Crippen LogP contribution >= 0.6 is 7.82 Å². The molecular formula is C62H117N2O7P. The van der Waals surface area contributed by atoms with Crippen LogP contribution in [0.15, 0.2) is 48.6 Å². The van der Waals surface area contributed by atoms with Gasteiger partial charge in [-0.15, -0.1) is 0 Å². The van der Waals surface area contributed by atoms with Crippen molar-refractivity contribution in [2.45, 2.75) is 296 Å². The predicted octanol–water partition coefficient (Wildman–Crippen LogP) is 17.9. The van der Waals surface area contributed by atoms with Gasteiger partial charge < -0.3 is 28.5 Å². The first kappa shape index (κ1) is 70.0. The first-order valence-corrected chi connectivity index (χ1v) is 31.9. The zero-order valence-electron chi connectivity index (χ0n) is 48.1. The normalized spacial score (nSPS) is 14.0. The summed E-state index contributed by atoms with van der Waals surface area (Å²) in [7, 11) is 1.18. The van der Waals surface area contributed by atoms with Crippen molar-refractivity contribution in [3.63, 3.8) is 0 Å². The van der Waals surface area contributed by atoms with Crippen LogP contribution in [0.4, 0.5) is 0 Å². The Morgan fingerprint density at radius 3 is 1.29 bits per heavy atom. The van der Waals surface area contributed by atoms with Crippen LogP contribution in [0.3, 0.4) is 0 Å². The topological polar surface area (TPSA) is 114 Å². The summed E-state index contributed by atoms with van der Waals surface area (Å²) in [6.07, 6.45) is 63.5. The maximum absolute atomic E-state index is 13.5. The Morgan fingerprint density at radius 1 is 0.486 bits per heavy atom. The number of hydrogen-bond donors (Lipinski definition) is 1. The van der Waals surface area contributed by atoms with Gasteiger partial charge in [0.05, 0.1) is 33.8 Å². The summed E-state index contributed by atoms with van der Waals surface area (Å²) in [4.78, 5) is 39.9. The first-order valence-electron chi connectivity index (χ1n) is 30.4. The monoisotopic (exact) mass is 1030 g/mol. The molecule has 1 N–H and O–H groups in total. The molecule has 0 aromatic rings. The van der Waals surface area contributed by atoms with E-state index < -0.39 is 26.6 Å². The van der Waals surface area contributed by atoms with Crippen LogP contribution in [0.1, 0.15) is 284 Å². The fraction of sp³-hybridized carbons (Fsp3) is 0.839. The lowest BCUT2D eigenvalue weighted by Crippen LogP contribution is -2.47. The molecule has 0 aromatic carbocycles. The molecule has 3 atom stereocenters. The van der Waals surface area contributed by atoms with Crippen LogP contribution in [-0.4, -0.2) is 69.4 Å². The number of quaternary nitrogens is 1. The number of phosphoric acid groups is 1. The largest absolute Gasteiger partial charge is 0.756 e. The zero-order valence-corrected chi connectivity index (χ0v) is 49.0. The van der Waals surface area contributed by atoms with Crippen LogP contribution in [0.5, 0.6) is 0 Å². The minimum atomic E-state index is -4.70. The van der Waals surface area contributed by atoms with Crippen LogP contribution in [0, 0.1) is 0 Å². The number of ether oxygens (including phenoxy) is 1. The number of unbranched alkanes of at least 4 members (excludes halogenated alkanes) is 33. The highest BCUT2D eigenvalue weighted by molar-refractivity contribution is 7.45. The summed E-state index contributed by atoms with van der Waals surface area (Å²) in [5.41, 5.74) is 0. The number of rotatable bonds is 55. The molecule has 9 nitrogen and oxygen atoms in total. The molecule has 10 heteroatoms. The third kappa shape index (κ3) is 52.8. The number of esters is 1. The molecule has 0 aliphatic heterocycles. The van der Waals surface area contributed by atoms with Crippen molar-refractivity contribution in [3.05, 3.63) is 48.6 Å². The second-order valence-electron chi connectivity index (χ2n) is 21.8. The van der Waals surface area contributed by atoms with Crippen LogP contribution in [0.25, 0.3) is 0 Å². The van der Waals surface area contributed by atoms with E-state index >= 15 is 0 Å². The molecule has 0 spiro atoms. The summed E-state index contributed by atoms with van der Waals surface area (Å²) < 4.78 is 30.3. The Bertz CT molecular complexity index is 1380. The summed E-state index contributed by atoms with van der Waals surface area (Å²) >= 11 is 0. The van der Waals surface area contributed by atoms with Gasteiger partial charge in [0.15, 0.2) is 0 Å². The minimum absolute atomic E-state index is 0.0245. The molecule has 0 heterocycles. The molecule has 0 rings (SSSR count). The second kappa shape index (κ2) is 52.4. The van der Waals surface area contributed by atoms with E-state index in [0.717, 1.165) is 89.9 Å². The Balaban J connectivity index is 5.30. The van der Waals surface area contributed by atoms with Gasteiger partial charge in [0, 0.05) is 12.8 Å². The number of phosphoric ester groups is 1. The fourth-order valence-corrected chi connectivity index (χ4v) is 9.45. The van der Waals surface area contributed by atoms with Gasteiger partial charge in [-0.25, -0.2) is 0 Å². The van der Waals surface area contributed by atoms with E-state index in [4.69, 9.17) is 13.8 Å². The SMILES string of the molecule is CCCCC/C=C\C/C=C\CCCCCCCCCC(=O)NC(COP(=O)([O-])OCC[N+](C)(C)C)C(/C=C/CCCCCCCCCCCC)OC(=O)CCCCCCCCC/C=C/CCCCCCCC. The molecular weight excluding hydrogens is 916 g/mol. The Labute approximate surface area is 446 Å². The van der Waals surface area contributed by atoms with E-state index in [1.807, 2.05) is 33.3 Å². The molecule has 0 bridgehead atoms. The Morgan fingerprint density at radius 2 is 0.847 bits per heavy atom. The molecule has 422 valence electrons. The molecule has 72 heavy (non-hydrogen) atoms. The second-order valence-corrected chi connectivity index (χ2v) is 23.3. The Kier molecular flexibility index (Phi) is 50.9. The van der Waals surface area contributed by atoms with E-state index in [2.05, 4.69) is 62.5 Å². The van der Waals surface area contributed by atoms with E-state index in [9.17, 15) is 19.0 Å². The van der Waals surface area contributed by atoms with Crippen LogP contribution < -0.4 is 10.2 Å². The lowest BCUT2D eigenvalue weighted by atomic mass is 10.0. The fourth-order valence-electron chi connectivity index (χ4n) is 8.72. The number of amides is 1. The number of hydrogen-bond acceptors (Lipinski definition) is 7. The molecule has 0 radical (unpaired) electrons. The standard InChI is InChI=1S/C62H117N2O7P/c1-7-10-13-16-19-22-25-28-30-32-34-36-39-42-45-48-51-54-61(65)63-59(58-70-72(67,68)69-57-56-64(4,5)6)60(53-50-47-44-41-38-27-24-21-18-15-12-9-3)71-62(66)55-52-49-46-43-40-37-35-33-31-29-26-23-20-17-14-11-8-2/h19,22,28-31,50,53,59-60H,7-18,20-21,23-27,32-49,51-52,54-58H2,1-6H3,(H-,63,65,67,68)/b22-19-,30-28-,31-29+,53-50+. The molecule has 0 aliphatic carbocycles. The highest BCUT2D eigenvalue weighted by atomic mass is 31.2. The van der Waals surface area contributed by atoms with Gasteiger partial charge in [0.1, 0.15) is 19.3 Å². The lowest BCUT2D eigenvalue weighted by molar-refractivity contribution is -0.870. The molecule has 3 unspecified atom stereocenters. The number of nitrogens with one attached hydrogen (secondary N) is 1. The molecule has 0 aromatic heterocycles. The lowest BCUT2D eigenvalue weighted by Gasteiger charge is -2.30. The minimum Gasteiger partial charge on any atom is -0.756 e. The molecule has 0 aliphatic rings. The average molecular weight is 1030 g/mol. The molecule has 1 amide bonds. The van der Waals surface area contributed by atoms with Gasteiger partial charge in [-0.05, 0) is 89.5 Å². The summed E-state index contributed by atoms with van der Waals surface area (Å²) in [6, 6.07) is -0.893. The van der Waals surface area contributed by atoms with Crippen LogP contribution in [0.2, 0.25) is 0 Å². The van der Waals surface area contributed by atoms with E-state index in [1.54, 1.807) is 0 Å². The molecule has 0 saturated heterocycles. The third-order valence-corrected chi connectivity index (χ3v) is 14.4. The number of nitrogens with zero attached hydrogens (tertiary/aromatic N) is 1.